The van der Waals surface area contributed by atoms with Crippen molar-refractivity contribution in [3.8, 4) is 10.6 Å². The Kier molecular flexibility index (Phi) is 3.76. The second kappa shape index (κ2) is 5.96. The van der Waals surface area contributed by atoms with E-state index >= 15 is 0 Å². The van der Waals surface area contributed by atoms with Crippen molar-refractivity contribution in [3.63, 3.8) is 0 Å². The molecule has 0 saturated heterocycles. The first-order valence-corrected chi connectivity index (χ1v) is 8.63. The molecule has 0 aromatic carbocycles. The summed E-state index contributed by atoms with van der Waals surface area (Å²) >= 11 is 1.38. The van der Waals surface area contributed by atoms with Crippen LogP contribution in [0.5, 0.6) is 0 Å². The average Bonchev–Trinajstić information content (AvgIpc) is 3.03. The van der Waals surface area contributed by atoms with Crippen LogP contribution < -0.4 is 5.73 Å². The second-order valence-electron chi connectivity index (χ2n) is 5.93. The average molecular weight is 355 g/mol. The Balaban J connectivity index is 1.75. The van der Waals surface area contributed by atoms with Crippen molar-refractivity contribution in [1.29, 1.82) is 0 Å². The van der Waals surface area contributed by atoms with Gasteiger partial charge in [-0.05, 0) is 25.5 Å². The van der Waals surface area contributed by atoms with Crippen LogP contribution in [0.25, 0.3) is 10.6 Å². The smallest absolute Gasteiger partial charge is 0.220 e. The van der Waals surface area contributed by atoms with Crippen LogP contribution >= 0.6 is 11.3 Å². The number of aryl methyl sites for hydroxylation is 1. The number of fused-ring (bicyclic) bond motifs is 1. The maximum Gasteiger partial charge on any atom is 0.220 e. The van der Waals surface area contributed by atoms with E-state index in [0.717, 1.165) is 10.6 Å². The predicted octanol–water partition coefficient (Wildman–Crippen LogP) is 2.94. The summed E-state index contributed by atoms with van der Waals surface area (Å²) in [6.45, 7) is 1.76. The van der Waals surface area contributed by atoms with Gasteiger partial charge in [0.25, 0.3) is 0 Å². The summed E-state index contributed by atoms with van der Waals surface area (Å²) in [5.74, 6) is -0.539. The number of ketones is 1. The fourth-order valence-corrected chi connectivity index (χ4v) is 4.11. The van der Waals surface area contributed by atoms with E-state index in [1.54, 1.807) is 24.6 Å². The molecule has 25 heavy (non-hydrogen) atoms. The summed E-state index contributed by atoms with van der Waals surface area (Å²) in [6.07, 6.45) is 0.855. The van der Waals surface area contributed by atoms with Crippen molar-refractivity contribution in [1.82, 2.24) is 19.9 Å². The SMILES string of the molecule is Cc1nc(N)nc2c1C(=O)CC(c1ncsc1-c1cccc(F)n1)C2. The number of thiazole rings is 1. The minimum Gasteiger partial charge on any atom is -0.368 e. The third-order valence-corrected chi connectivity index (χ3v) is 5.13. The number of pyridine rings is 1. The number of nitrogens with zero attached hydrogens (tertiary/aromatic N) is 4. The molecule has 3 heterocycles. The van der Waals surface area contributed by atoms with Gasteiger partial charge in [0.2, 0.25) is 11.9 Å². The van der Waals surface area contributed by atoms with Crippen molar-refractivity contribution in [2.24, 2.45) is 0 Å². The van der Waals surface area contributed by atoms with Crippen molar-refractivity contribution in [2.75, 3.05) is 5.73 Å². The zero-order chi connectivity index (χ0) is 17.6. The number of hydrogen-bond acceptors (Lipinski definition) is 7. The lowest BCUT2D eigenvalue weighted by molar-refractivity contribution is 0.0961. The quantitative estimate of drug-likeness (QED) is 0.710. The van der Waals surface area contributed by atoms with E-state index in [4.69, 9.17) is 5.73 Å². The number of hydrogen-bond donors (Lipinski definition) is 1. The molecule has 1 unspecified atom stereocenters. The maximum absolute atomic E-state index is 13.5. The molecule has 0 bridgehead atoms. The molecule has 1 aliphatic carbocycles. The Morgan fingerprint density at radius 1 is 1.24 bits per heavy atom. The minimum absolute atomic E-state index is 0.0186. The van der Waals surface area contributed by atoms with E-state index in [1.165, 1.54) is 17.4 Å². The fraction of sp³-hybridized carbons (Fsp3) is 0.235. The number of carbonyl (C=O) groups is 1. The molecule has 0 amide bonds. The van der Waals surface area contributed by atoms with Crippen LogP contribution in [0, 0.1) is 12.9 Å². The van der Waals surface area contributed by atoms with E-state index in [9.17, 15) is 9.18 Å². The van der Waals surface area contributed by atoms with E-state index in [1.807, 2.05) is 0 Å². The van der Waals surface area contributed by atoms with Gasteiger partial charge in [0.05, 0.1) is 38.7 Å². The third-order valence-electron chi connectivity index (χ3n) is 4.26. The molecule has 6 nitrogen and oxygen atoms in total. The summed E-state index contributed by atoms with van der Waals surface area (Å²) < 4.78 is 13.5. The summed E-state index contributed by atoms with van der Waals surface area (Å²) in [6, 6.07) is 4.65. The first-order valence-electron chi connectivity index (χ1n) is 7.75. The van der Waals surface area contributed by atoms with Crippen LogP contribution in [0.15, 0.2) is 23.7 Å². The minimum atomic E-state index is -0.543. The number of carbonyl (C=O) groups excluding carboxylic acids is 1. The standard InChI is InChI=1S/C17H14FN5OS/c1-8-14-11(23-17(19)21-8)5-9(6-12(14)24)15-16(25-7-20-15)10-3-2-4-13(18)22-10/h2-4,7,9H,5-6H2,1H3,(H2,19,21,23). The van der Waals surface area contributed by atoms with Gasteiger partial charge in [0.15, 0.2) is 5.78 Å². The van der Waals surface area contributed by atoms with Gasteiger partial charge in [0.1, 0.15) is 0 Å². The molecule has 2 N–H and O–H groups in total. The molecule has 0 radical (unpaired) electrons. The van der Waals surface area contributed by atoms with Gasteiger partial charge in [-0.3, -0.25) is 4.79 Å². The van der Waals surface area contributed by atoms with Crippen molar-refractivity contribution >= 4 is 23.1 Å². The van der Waals surface area contributed by atoms with E-state index in [0.29, 0.717) is 35.5 Å². The largest absolute Gasteiger partial charge is 0.368 e. The summed E-state index contributed by atoms with van der Waals surface area (Å²) in [5.41, 5.74) is 10.5. The Bertz CT molecular complexity index is 987. The Hall–Kier alpha value is -2.74. The molecule has 126 valence electrons. The van der Waals surface area contributed by atoms with Gasteiger partial charge in [-0.25, -0.2) is 19.9 Å². The third kappa shape index (κ3) is 2.78. The molecule has 1 aliphatic rings. The lowest BCUT2D eigenvalue weighted by atomic mass is 9.83. The second-order valence-corrected chi connectivity index (χ2v) is 6.78. The van der Waals surface area contributed by atoms with Crippen molar-refractivity contribution in [3.05, 3.63) is 52.3 Å². The topological polar surface area (TPSA) is 94.7 Å². The number of rotatable bonds is 2. The van der Waals surface area contributed by atoms with Crippen LogP contribution in [0.4, 0.5) is 10.3 Å². The molecule has 4 rings (SSSR count). The van der Waals surface area contributed by atoms with Gasteiger partial charge >= 0.3 is 0 Å². The molecule has 1 atom stereocenters. The summed E-state index contributed by atoms with van der Waals surface area (Å²) in [5, 5.41) is 0. The van der Waals surface area contributed by atoms with E-state index in [2.05, 4.69) is 19.9 Å². The van der Waals surface area contributed by atoms with Crippen LogP contribution in [-0.2, 0) is 6.42 Å². The highest BCUT2D eigenvalue weighted by Gasteiger charge is 2.32. The Morgan fingerprint density at radius 2 is 2.08 bits per heavy atom. The zero-order valence-electron chi connectivity index (χ0n) is 13.4. The summed E-state index contributed by atoms with van der Waals surface area (Å²) in [7, 11) is 0. The first-order chi connectivity index (χ1) is 12.0. The highest BCUT2D eigenvalue weighted by Crippen LogP contribution is 2.38. The number of Topliss-reactive ketones (excluding diaryl/α,β-unsaturated/α-hetero) is 1. The highest BCUT2D eigenvalue weighted by molar-refractivity contribution is 7.13. The monoisotopic (exact) mass is 355 g/mol. The number of aromatic nitrogens is 4. The van der Waals surface area contributed by atoms with Crippen LogP contribution in [-0.4, -0.2) is 25.7 Å². The molecular formula is C17H14FN5OS. The van der Waals surface area contributed by atoms with Gasteiger partial charge in [0, 0.05) is 12.3 Å². The number of nitrogens with two attached hydrogens (primary N) is 1. The van der Waals surface area contributed by atoms with Crippen LogP contribution in [0.3, 0.4) is 0 Å². The molecule has 0 fully saturated rings. The first kappa shape index (κ1) is 15.8. The number of nitrogen functional groups attached to an aromatic ring is 1. The molecule has 3 aromatic rings. The molecular weight excluding hydrogens is 341 g/mol. The van der Waals surface area contributed by atoms with Crippen LogP contribution in [0.1, 0.15) is 39.8 Å². The van der Waals surface area contributed by atoms with Gasteiger partial charge in [-0.15, -0.1) is 11.3 Å². The molecule has 0 aliphatic heterocycles. The fourth-order valence-electron chi connectivity index (χ4n) is 3.26. The normalized spacial score (nSPS) is 16.7. The summed E-state index contributed by atoms with van der Waals surface area (Å²) in [4.78, 5) is 30.1. The van der Waals surface area contributed by atoms with Gasteiger partial charge in [-0.1, -0.05) is 6.07 Å². The number of halogens is 1. The predicted molar refractivity (Wildman–Crippen MR) is 91.9 cm³/mol. The number of anilines is 1. The zero-order valence-corrected chi connectivity index (χ0v) is 14.2. The maximum atomic E-state index is 13.5. The molecule has 0 saturated carbocycles. The van der Waals surface area contributed by atoms with E-state index < -0.39 is 5.95 Å². The van der Waals surface area contributed by atoms with Crippen LogP contribution in [0.2, 0.25) is 0 Å². The molecule has 8 heteroatoms. The van der Waals surface area contributed by atoms with Gasteiger partial charge < -0.3 is 5.73 Å². The lowest BCUT2D eigenvalue weighted by Crippen LogP contribution is -2.23. The lowest BCUT2D eigenvalue weighted by Gasteiger charge is -2.23. The molecule has 3 aromatic heterocycles. The van der Waals surface area contributed by atoms with Gasteiger partial charge in [-0.2, -0.15) is 4.39 Å². The highest BCUT2D eigenvalue weighted by atomic mass is 32.1. The Morgan fingerprint density at radius 3 is 2.88 bits per heavy atom. The van der Waals surface area contributed by atoms with Crippen molar-refractivity contribution < 1.29 is 9.18 Å². The van der Waals surface area contributed by atoms with Crippen molar-refractivity contribution in [2.45, 2.75) is 25.7 Å². The van der Waals surface area contributed by atoms with E-state index in [-0.39, 0.29) is 17.6 Å². The molecule has 0 spiro atoms. The Labute approximate surface area is 147 Å².